The fourth-order valence-corrected chi connectivity index (χ4v) is 5.65. The van der Waals surface area contributed by atoms with Crippen LogP contribution in [-0.2, 0) is 26.0 Å². The molecule has 3 aromatic carbocycles. The van der Waals surface area contributed by atoms with E-state index in [4.69, 9.17) is 0 Å². The van der Waals surface area contributed by atoms with Crippen LogP contribution >= 0.6 is 0 Å². The van der Waals surface area contributed by atoms with Gasteiger partial charge in [0.2, 0.25) is 11.8 Å². The van der Waals surface area contributed by atoms with Gasteiger partial charge in [0.15, 0.2) is 0 Å². The van der Waals surface area contributed by atoms with Crippen LogP contribution in [0.15, 0.2) is 89.8 Å². The van der Waals surface area contributed by atoms with Crippen LogP contribution < -0.4 is 9.62 Å². The second-order valence-corrected chi connectivity index (χ2v) is 11.5. The number of hydrogen-bond donors (Lipinski definition) is 1. The molecule has 1 atom stereocenters. The zero-order valence-electron chi connectivity index (χ0n) is 22.6. The monoisotopic (exact) mass is 553 g/mol. The van der Waals surface area contributed by atoms with Crippen LogP contribution in [0.5, 0.6) is 0 Å². The lowest BCUT2D eigenvalue weighted by atomic mass is 10.1. The summed E-state index contributed by atoms with van der Waals surface area (Å²) in [5.74, 6) is -1.47. The summed E-state index contributed by atoms with van der Waals surface area (Å²) in [5, 5.41) is 2.89. The van der Waals surface area contributed by atoms with E-state index in [1.165, 1.54) is 35.2 Å². The molecule has 0 bridgehead atoms. The SMILES string of the molecule is CCC(C(=O)NCC(C)C)N(CCc1ccccc1)C(=O)CN(c1ccccc1F)S(=O)(=O)c1ccccc1. The normalized spacial score (nSPS) is 12.1. The molecular weight excluding hydrogens is 517 g/mol. The lowest BCUT2D eigenvalue weighted by Gasteiger charge is -2.33. The van der Waals surface area contributed by atoms with E-state index in [2.05, 4.69) is 5.32 Å². The molecule has 0 saturated heterocycles. The number of benzene rings is 3. The summed E-state index contributed by atoms with van der Waals surface area (Å²) in [4.78, 5) is 28.4. The Kier molecular flexibility index (Phi) is 10.6. The summed E-state index contributed by atoms with van der Waals surface area (Å²) in [6, 6.07) is 21.7. The highest BCUT2D eigenvalue weighted by Crippen LogP contribution is 2.26. The Hall–Kier alpha value is -3.72. The average Bonchev–Trinajstić information content (AvgIpc) is 2.94. The molecule has 0 radical (unpaired) electrons. The van der Waals surface area contributed by atoms with E-state index in [1.54, 1.807) is 25.1 Å². The lowest BCUT2D eigenvalue weighted by molar-refractivity contribution is -0.139. The number of rotatable bonds is 13. The topological polar surface area (TPSA) is 86.8 Å². The fraction of sp³-hybridized carbons (Fsp3) is 0.333. The Labute approximate surface area is 230 Å². The summed E-state index contributed by atoms with van der Waals surface area (Å²) in [6.45, 7) is 5.71. The molecule has 1 unspecified atom stereocenters. The number of halogens is 1. The van der Waals surface area contributed by atoms with Gasteiger partial charge in [-0.1, -0.05) is 81.4 Å². The summed E-state index contributed by atoms with van der Waals surface area (Å²) >= 11 is 0. The maximum absolute atomic E-state index is 14.9. The van der Waals surface area contributed by atoms with Crippen LogP contribution in [0.3, 0.4) is 0 Å². The molecular formula is C30H36FN3O4S. The molecule has 39 heavy (non-hydrogen) atoms. The smallest absolute Gasteiger partial charge is 0.264 e. The van der Waals surface area contributed by atoms with Crippen molar-refractivity contribution >= 4 is 27.5 Å². The number of amides is 2. The van der Waals surface area contributed by atoms with Gasteiger partial charge in [-0.25, -0.2) is 12.8 Å². The molecule has 3 rings (SSSR count). The molecule has 0 spiro atoms. The van der Waals surface area contributed by atoms with Crippen molar-refractivity contribution in [3.8, 4) is 0 Å². The molecule has 0 aliphatic carbocycles. The van der Waals surface area contributed by atoms with Crippen LogP contribution in [0, 0.1) is 11.7 Å². The van der Waals surface area contributed by atoms with Crippen molar-refractivity contribution in [1.29, 1.82) is 0 Å². The largest absolute Gasteiger partial charge is 0.354 e. The third kappa shape index (κ3) is 7.89. The van der Waals surface area contributed by atoms with Crippen molar-refractivity contribution in [3.63, 3.8) is 0 Å². The summed E-state index contributed by atoms with van der Waals surface area (Å²) in [7, 11) is -4.30. The molecule has 0 aliphatic heterocycles. The van der Waals surface area contributed by atoms with Crippen molar-refractivity contribution in [3.05, 3.63) is 96.3 Å². The summed E-state index contributed by atoms with van der Waals surface area (Å²) in [5.41, 5.74) is 0.727. The first kappa shape index (κ1) is 29.8. The average molecular weight is 554 g/mol. The zero-order valence-corrected chi connectivity index (χ0v) is 23.4. The van der Waals surface area contributed by atoms with E-state index >= 15 is 0 Å². The molecule has 0 fully saturated rings. The minimum absolute atomic E-state index is 0.0707. The van der Waals surface area contributed by atoms with Crippen molar-refractivity contribution < 1.29 is 22.4 Å². The highest BCUT2D eigenvalue weighted by molar-refractivity contribution is 7.92. The number of nitrogens with zero attached hydrogens (tertiary/aromatic N) is 2. The van der Waals surface area contributed by atoms with Gasteiger partial charge in [-0.3, -0.25) is 13.9 Å². The van der Waals surface area contributed by atoms with Crippen LogP contribution in [0.2, 0.25) is 0 Å². The minimum Gasteiger partial charge on any atom is -0.354 e. The van der Waals surface area contributed by atoms with Gasteiger partial charge >= 0.3 is 0 Å². The van der Waals surface area contributed by atoms with Crippen LogP contribution in [0.25, 0.3) is 0 Å². The number of hydrogen-bond acceptors (Lipinski definition) is 4. The second-order valence-electron chi connectivity index (χ2n) is 9.66. The summed E-state index contributed by atoms with van der Waals surface area (Å²) in [6.07, 6.45) is 0.793. The number of nitrogens with one attached hydrogen (secondary N) is 1. The molecule has 7 nitrogen and oxygen atoms in total. The predicted octanol–water partition coefficient (Wildman–Crippen LogP) is 4.64. The zero-order chi connectivity index (χ0) is 28.4. The molecule has 0 aliphatic rings. The molecule has 208 valence electrons. The first-order valence-corrected chi connectivity index (χ1v) is 14.5. The van der Waals surface area contributed by atoms with E-state index in [1.807, 2.05) is 44.2 Å². The van der Waals surface area contributed by atoms with Crippen LogP contribution in [0.4, 0.5) is 10.1 Å². The number of sulfonamides is 1. The molecule has 1 N–H and O–H groups in total. The van der Waals surface area contributed by atoms with Gasteiger partial charge in [-0.15, -0.1) is 0 Å². The Bertz CT molecular complexity index is 1330. The van der Waals surface area contributed by atoms with Gasteiger partial charge < -0.3 is 10.2 Å². The fourth-order valence-electron chi connectivity index (χ4n) is 4.21. The van der Waals surface area contributed by atoms with Crippen LogP contribution in [-0.4, -0.2) is 50.8 Å². The number of carbonyl (C=O) groups excluding carboxylic acids is 2. The Morgan fingerprint density at radius 1 is 0.897 bits per heavy atom. The standard InChI is InChI=1S/C30H36FN3O4S/c1-4-27(30(36)32-21-23(2)3)33(20-19-24-13-7-5-8-14-24)29(35)22-34(28-18-12-11-17-26(28)31)39(37,38)25-15-9-6-10-16-25/h5-18,23,27H,4,19-22H2,1-3H3,(H,32,36). The van der Waals surface area contributed by atoms with Gasteiger partial charge in [-0.2, -0.15) is 0 Å². The van der Waals surface area contributed by atoms with Gasteiger partial charge in [0.25, 0.3) is 10.0 Å². The Morgan fingerprint density at radius 3 is 2.08 bits per heavy atom. The van der Waals surface area contributed by atoms with Crippen molar-refractivity contribution in [2.45, 2.75) is 44.6 Å². The molecule has 0 aromatic heterocycles. The van der Waals surface area contributed by atoms with Gasteiger partial charge in [0.05, 0.1) is 10.6 Å². The predicted molar refractivity (Wildman–Crippen MR) is 151 cm³/mol. The van der Waals surface area contributed by atoms with Crippen molar-refractivity contribution in [1.82, 2.24) is 10.2 Å². The van der Waals surface area contributed by atoms with Gasteiger partial charge in [0.1, 0.15) is 18.4 Å². The van der Waals surface area contributed by atoms with Gasteiger partial charge in [-0.05, 0) is 48.6 Å². The Balaban J connectivity index is 1.99. The number of anilines is 1. The molecule has 3 aromatic rings. The van der Waals surface area contributed by atoms with E-state index < -0.39 is 34.3 Å². The first-order chi connectivity index (χ1) is 18.6. The maximum atomic E-state index is 14.9. The summed E-state index contributed by atoms with van der Waals surface area (Å²) < 4.78 is 43.1. The lowest BCUT2D eigenvalue weighted by Crippen LogP contribution is -2.53. The highest BCUT2D eigenvalue weighted by atomic mass is 32.2. The van der Waals surface area contributed by atoms with Gasteiger partial charge in [0, 0.05) is 13.1 Å². The van der Waals surface area contributed by atoms with Crippen molar-refractivity contribution in [2.24, 2.45) is 5.92 Å². The first-order valence-electron chi connectivity index (χ1n) is 13.1. The van der Waals surface area contributed by atoms with E-state index in [-0.39, 0.29) is 29.0 Å². The number of para-hydroxylation sites is 1. The maximum Gasteiger partial charge on any atom is 0.264 e. The van der Waals surface area contributed by atoms with E-state index in [9.17, 15) is 22.4 Å². The molecule has 0 saturated carbocycles. The third-order valence-corrected chi connectivity index (χ3v) is 8.06. The minimum atomic E-state index is -4.30. The quantitative estimate of drug-likeness (QED) is 0.334. The highest BCUT2D eigenvalue weighted by Gasteiger charge is 2.34. The molecule has 9 heteroatoms. The number of carbonyl (C=O) groups is 2. The second kappa shape index (κ2) is 13.9. The third-order valence-electron chi connectivity index (χ3n) is 6.29. The van der Waals surface area contributed by atoms with Crippen LogP contribution in [0.1, 0.15) is 32.8 Å². The van der Waals surface area contributed by atoms with E-state index in [0.29, 0.717) is 19.4 Å². The van der Waals surface area contributed by atoms with E-state index in [0.717, 1.165) is 15.9 Å². The Morgan fingerprint density at radius 2 is 1.49 bits per heavy atom. The van der Waals surface area contributed by atoms with Crippen molar-refractivity contribution in [2.75, 3.05) is 23.9 Å². The molecule has 2 amide bonds. The molecule has 0 heterocycles.